The predicted octanol–water partition coefficient (Wildman–Crippen LogP) is 0.476. The Kier molecular flexibility index (Phi) is 1.78. The van der Waals surface area contributed by atoms with E-state index in [0.29, 0.717) is 11.6 Å². The largest absolute Gasteiger partial charge is 0.327 e. The number of hydrogen-bond acceptors (Lipinski definition) is 2. The van der Waals surface area contributed by atoms with Gasteiger partial charge in [-0.2, -0.15) is 0 Å². The van der Waals surface area contributed by atoms with Gasteiger partial charge >= 0.3 is 0 Å². The Morgan fingerprint density at radius 2 is 2.22 bits per heavy atom. The van der Waals surface area contributed by atoms with Crippen molar-refractivity contribution in [1.82, 2.24) is 5.32 Å². The summed E-state index contributed by atoms with van der Waals surface area (Å²) in [5.41, 5.74) is 6.02. The first-order valence-electron chi connectivity index (χ1n) is 3.63. The number of hydrogen-bond donors (Lipinski definition) is 2. The average Bonchev–Trinajstić information content (AvgIpc) is 2.45. The lowest BCUT2D eigenvalue weighted by Crippen LogP contribution is -2.37. The van der Waals surface area contributed by atoms with E-state index in [-0.39, 0.29) is 0 Å². The van der Waals surface area contributed by atoms with E-state index in [9.17, 15) is 0 Å². The summed E-state index contributed by atoms with van der Waals surface area (Å²) >= 11 is 0. The normalized spacial score (nSPS) is 25.7. The predicted molar refractivity (Wildman–Crippen MR) is 39.3 cm³/mol. The van der Waals surface area contributed by atoms with Crippen molar-refractivity contribution < 1.29 is 0 Å². The first kappa shape index (κ1) is 7.03. The molecule has 9 heavy (non-hydrogen) atoms. The maximum Gasteiger partial charge on any atom is 0.0155 e. The smallest absolute Gasteiger partial charge is 0.0155 e. The molecular weight excluding hydrogens is 112 g/mol. The van der Waals surface area contributed by atoms with E-state index in [0.717, 1.165) is 6.54 Å². The number of rotatable bonds is 3. The van der Waals surface area contributed by atoms with Crippen molar-refractivity contribution in [3.8, 4) is 0 Å². The van der Waals surface area contributed by atoms with Crippen LogP contribution >= 0.6 is 0 Å². The fraction of sp³-hybridized carbons (Fsp3) is 1.00. The van der Waals surface area contributed by atoms with Crippen LogP contribution in [0.5, 0.6) is 0 Å². The molecule has 1 aliphatic rings. The van der Waals surface area contributed by atoms with E-state index in [1.165, 1.54) is 12.8 Å². The van der Waals surface area contributed by atoms with Crippen molar-refractivity contribution >= 4 is 0 Å². The summed E-state index contributed by atoms with van der Waals surface area (Å²) in [5, 5.41) is 3.41. The lowest BCUT2D eigenvalue weighted by Gasteiger charge is -2.12. The van der Waals surface area contributed by atoms with Gasteiger partial charge in [-0.1, -0.05) is 0 Å². The molecule has 0 aromatic heterocycles. The van der Waals surface area contributed by atoms with Gasteiger partial charge in [0.1, 0.15) is 0 Å². The van der Waals surface area contributed by atoms with Crippen molar-refractivity contribution in [2.24, 2.45) is 5.73 Å². The highest BCUT2D eigenvalue weighted by Gasteiger charge is 2.36. The fourth-order valence-electron chi connectivity index (χ4n) is 0.772. The highest BCUT2D eigenvalue weighted by molar-refractivity contribution is 4.97. The van der Waals surface area contributed by atoms with E-state index in [2.05, 4.69) is 12.2 Å². The molecule has 0 radical (unpaired) electrons. The zero-order chi connectivity index (χ0) is 6.91. The molecule has 1 rings (SSSR count). The zero-order valence-electron chi connectivity index (χ0n) is 6.28. The lowest BCUT2D eigenvalue weighted by atomic mass is 10.3. The van der Waals surface area contributed by atoms with Gasteiger partial charge in [-0.25, -0.2) is 0 Å². The lowest BCUT2D eigenvalue weighted by molar-refractivity contribution is 0.506. The first-order chi connectivity index (χ1) is 4.12. The summed E-state index contributed by atoms with van der Waals surface area (Å²) in [6.07, 6.45) is 2.64. The van der Waals surface area contributed by atoms with Gasteiger partial charge < -0.3 is 11.1 Å². The summed E-state index contributed by atoms with van der Waals surface area (Å²) < 4.78 is 0. The quantitative estimate of drug-likeness (QED) is 0.580. The molecule has 2 nitrogen and oxygen atoms in total. The maximum absolute atomic E-state index is 5.56. The van der Waals surface area contributed by atoms with Gasteiger partial charge in [0.15, 0.2) is 0 Å². The van der Waals surface area contributed by atoms with Crippen molar-refractivity contribution in [3.63, 3.8) is 0 Å². The SMILES string of the molecule is CC(N)CNC1(C)CC1. The second-order valence-corrected chi connectivity index (χ2v) is 3.42. The Hall–Kier alpha value is -0.0800. The molecule has 0 saturated heterocycles. The second-order valence-electron chi connectivity index (χ2n) is 3.42. The van der Waals surface area contributed by atoms with Crippen LogP contribution in [0, 0.1) is 0 Å². The highest BCUT2D eigenvalue weighted by atomic mass is 15.0. The molecule has 1 saturated carbocycles. The second kappa shape index (κ2) is 2.27. The Morgan fingerprint density at radius 3 is 2.56 bits per heavy atom. The van der Waals surface area contributed by atoms with Gasteiger partial charge in [0.05, 0.1) is 0 Å². The van der Waals surface area contributed by atoms with Crippen LogP contribution in [0.1, 0.15) is 26.7 Å². The summed E-state index contributed by atoms with van der Waals surface area (Å²) in [5.74, 6) is 0. The van der Waals surface area contributed by atoms with Gasteiger partial charge in [-0.3, -0.25) is 0 Å². The molecule has 1 unspecified atom stereocenters. The van der Waals surface area contributed by atoms with Crippen LogP contribution in [0.15, 0.2) is 0 Å². The monoisotopic (exact) mass is 128 g/mol. The third-order valence-corrected chi connectivity index (χ3v) is 1.85. The van der Waals surface area contributed by atoms with Crippen LogP contribution in [-0.2, 0) is 0 Å². The molecule has 1 fully saturated rings. The standard InChI is InChI=1S/C7H16N2/c1-6(8)5-9-7(2)3-4-7/h6,9H,3-5,8H2,1-2H3. The molecule has 0 bridgehead atoms. The maximum atomic E-state index is 5.56. The van der Waals surface area contributed by atoms with E-state index in [1.807, 2.05) is 6.92 Å². The highest BCUT2D eigenvalue weighted by Crippen LogP contribution is 2.33. The van der Waals surface area contributed by atoms with Crippen molar-refractivity contribution in [1.29, 1.82) is 0 Å². The minimum Gasteiger partial charge on any atom is -0.327 e. The first-order valence-corrected chi connectivity index (χ1v) is 3.63. The number of nitrogens with two attached hydrogens (primary N) is 1. The van der Waals surface area contributed by atoms with E-state index < -0.39 is 0 Å². The fourth-order valence-corrected chi connectivity index (χ4v) is 0.772. The van der Waals surface area contributed by atoms with Gasteiger partial charge in [0.25, 0.3) is 0 Å². The van der Waals surface area contributed by atoms with Gasteiger partial charge in [0, 0.05) is 18.1 Å². The van der Waals surface area contributed by atoms with Crippen LogP contribution in [0.25, 0.3) is 0 Å². The summed E-state index contributed by atoms with van der Waals surface area (Å²) in [4.78, 5) is 0. The van der Waals surface area contributed by atoms with Gasteiger partial charge in [0.2, 0.25) is 0 Å². The number of nitrogens with one attached hydrogen (secondary N) is 1. The molecule has 0 aliphatic heterocycles. The molecule has 54 valence electrons. The molecule has 0 aromatic rings. The summed E-state index contributed by atoms with van der Waals surface area (Å²) in [6.45, 7) is 5.23. The third-order valence-electron chi connectivity index (χ3n) is 1.85. The van der Waals surface area contributed by atoms with E-state index in [1.54, 1.807) is 0 Å². The molecule has 3 N–H and O–H groups in total. The zero-order valence-corrected chi connectivity index (χ0v) is 6.28. The molecule has 0 spiro atoms. The molecule has 0 heterocycles. The van der Waals surface area contributed by atoms with Crippen LogP contribution in [-0.4, -0.2) is 18.1 Å². The Morgan fingerprint density at radius 1 is 1.67 bits per heavy atom. The van der Waals surface area contributed by atoms with Crippen molar-refractivity contribution in [2.75, 3.05) is 6.54 Å². The summed E-state index contributed by atoms with van der Waals surface area (Å²) in [7, 11) is 0. The minimum atomic E-state index is 0.294. The molecule has 1 atom stereocenters. The molecular formula is C7H16N2. The van der Waals surface area contributed by atoms with Crippen LogP contribution in [0.4, 0.5) is 0 Å². The Labute approximate surface area is 56.8 Å². The van der Waals surface area contributed by atoms with Crippen LogP contribution < -0.4 is 11.1 Å². The van der Waals surface area contributed by atoms with Crippen molar-refractivity contribution in [2.45, 2.75) is 38.3 Å². The Bertz CT molecular complexity index is 95.1. The average molecular weight is 128 g/mol. The molecule has 2 heteroatoms. The third kappa shape index (κ3) is 2.33. The van der Waals surface area contributed by atoms with Crippen LogP contribution in [0.3, 0.4) is 0 Å². The molecule has 0 aromatic carbocycles. The van der Waals surface area contributed by atoms with Gasteiger partial charge in [-0.15, -0.1) is 0 Å². The van der Waals surface area contributed by atoms with Gasteiger partial charge in [-0.05, 0) is 26.7 Å². The van der Waals surface area contributed by atoms with E-state index >= 15 is 0 Å². The summed E-state index contributed by atoms with van der Waals surface area (Å²) in [6, 6.07) is 0.294. The van der Waals surface area contributed by atoms with Crippen molar-refractivity contribution in [3.05, 3.63) is 0 Å². The topological polar surface area (TPSA) is 38.0 Å². The minimum absolute atomic E-state index is 0.294. The Balaban J connectivity index is 2.05. The molecule has 1 aliphatic carbocycles. The van der Waals surface area contributed by atoms with Crippen LogP contribution in [0.2, 0.25) is 0 Å². The van der Waals surface area contributed by atoms with E-state index in [4.69, 9.17) is 5.73 Å². The molecule has 0 amide bonds.